The highest BCUT2D eigenvalue weighted by atomic mass is 16.3. The van der Waals surface area contributed by atoms with Crippen molar-refractivity contribution < 1.29 is 14.3 Å². The number of nitrogens with one attached hydrogen (secondary N) is 1. The van der Waals surface area contributed by atoms with Gasteiger partial charge in [-0.3, -0.25) is 14.6 Å². The van der Waals surface area contributed by atoms with Gasteiger partial charge in [0, 0.05) is 55.9 Å². The van der Waals surface area contributed by atoms with Gasteiger partial charge in [-0.05, 0) is 49.2 Å². The standard InChI is InChI=1S/C29H31N3O3/c1-20-7-6-10-23(17-20)30-29(34)27-21(2)35-26-12-11-25(33)24(28(26)27)19-32-15-13-31(14-16-32)18-22-8-4-3-5-9-22/h3-12,17,33H,13-16,18-19H2,1-2H3,(H,30,34). The van der Waals surface area contributed by atoms with E-state index in [1.807, 2.05) is 37.3 Å². The summed E-state index contributed by atoms with van der Waals surface area (Å²) in [6.07, 6.45) is 0. The number of phenols is 1. The molecular formula is C29H31N3O3. The van der Waals surface area contributed by atoms with E-state index >= 15 is 0 Å². The molecule has 6 nitrogen and oxygen atoms in total. The Morgan fingerprint density at radius 2 is 1.63 bits per heavy atom. The number of nitrogens with zero attached hydrogens (tertiary/aromatic N) is 2. The molecule has 0 bridgehead atoms. The third-order valence-corrected chi connectivity index (χ3v) is 6.71. The SMILES string of the molecule is Cc1cccc(NC(=O)c2c(C)oc3ccc(O)c(CN4CCN(Cc5ccccc5)CC4)c23)c1. The lowest BCUT2D eigenvalue weighted by Crippen LogP contribution is -2.45. The van der Waals surface area contributed by atoms with Gasteiger partial charge in [-0.2, -0.15) is 0 Å². The molecule has 6 heteroatoms. The number of carbonyl (C=O) groups is 1. The smallest absolute Gasteiger partial charge is 0.259 e. The van der Waals surface area contributed by atoms with Gasteiger partial charge >= 0.3 is 0 Å². The molecule has 1 fully saturated rings. The average molecular weight is 470 g/mol. The van der Waals surface area contributed by atoms with Crippen molar-refractivity contribution in [2.24, 2.45) is 0 Å². The fraction of sp³-hybridized carbons (Fsp3) is 0.276. The highest BCUT2D eigenvalue weighted by Crippen LogP contribution is 2.35. The Hall–Kier alpha value is -3.61. The van der Waals surface area contributed by atoms with E-state index in [9.17, 15) is 9.90 Å². The van der Waals surface area contributed by atoms with Crippen LogP contribution >= 0.6 is 0 Å². The lowest BCUT2D eigenvalue weighted by Gasteiger charge is -2.35. The first kappa shape index (κ1) is 23.1. The third-order valence-electron chi connectivity index (χ3n) is 6.71. The van der Waals surface area contributed by atoms with Gasteiger partial charge in [0.25, 0.3) is 5.91 Å². The molecule has 0 aliphatic carbocycles. The summed E-state index contributed by atoms with van der Waals surface area (Å²) in [5.41, 5.74) is 4.97. The van der Waals surface area contributed by atoms with Gasteiger partial charge in [-0.15, -0.1) is 0 Å². The van der Waals surface area contributed by atoms with E-state index in [1.165, 1.54) is 5.56 Å². The number of amides is 1. The Morgan fingerprint density at radius 1 is 0.914 bits per heavy atom. The van der Waals surface area contributed by atoms with Crippen molar-refractivity contribution in [3.63, 3.8) is 0 Å². The number of furan rings is 1. The average Bonchev–Trinajstić information content (AvgIpc) is 3.19. The summed E-state index contributed by atoms with van der Waals surface area (Å²) in [4.78, 5) is 18.1. The fourth-order valence-corrected chi connectivity index (χ4v) is 4.89. The number of phenolic OH excluding ortho intramolecular Hbond substituents is 1. The monoisotopic (exact) mass is 469 g/mol. The maximum Gasteiger partial charge on any atom is 0.259 e. The highest BCUT2D eigenvalue weighted by molar-refractivity contribution is 6.14. The number of aryl methyl sites for hydroxylation is 2. The molecule has 1 aromatic heterocycles. The van der Waals surface area contributed by atoms with Crippen LogP contribution in [0.25, 0.3) is 11.0 Å². The minimum atomic E-state index is -0.230. The van der Waals surface area contributed by atoms with Crippen LogP contribution in [0.15, 0.2) is 71.1 Å². The zero-order chi connectivity index (χ0) is 24.4. The van der Waals surface area contributed by atoms with Crippen LogP contribution in [0.3, 0.4) is 0 Å². The molecule has 1 aliphatic heterocycles. The number of benzene rings is 3. The normalized spacial score (nSPS) is 14.9. The van der Waals surface area contributed by atoms with Gasteiger partial charge in [0.05, 0.1) is 5.56 Å². The summed E-state index contributed by atoms with van der Waals surface area (Å²) < 4.78 is 5.95. The van der Waals surface area contributed by atoms with Gasteiger partial charge in [0.15, 0.2) is 0 Å². The Labute approximate surface area is 205 Å². The van der Waals surface area contributed by atoms with Crippen molar-refractivity contribution in [1.29, 1.82) is 0 Å². The summed E-state index contributed by atoms with van der Waals surface area (Å²) in [6.45, 7) is 8.99. The van der Waals surface area contributed by atoms with Crippen molar-refractivity contribution in [3.05, 3.63) is 94.7 Å². The molecule has 0 spiro atoms. The number of carbonyl (C=O) groups excluding carboxylic acids is 1. The van der Waals surface area contributed by atoms with Gasteiger partial charge in [-0.1, -0.05) is 42.5 Å². The van der Waals surface area contributed by atoms with Crippen LogP contribution in [-0.2, 0) is 13.1 Å². The second kappa shape index (κ2) is 9.94. The summed E-state index contributed by atoms with van der Waals surface area (Å²) in [5, 5.41) is 14.5. The number of hydrogen-bond acceptors (Lipinski definition) is 5. The van der Waals surface area contributed by atoms with Crippen LogP contribution in [0.4, 0.5) is 5.69 Å². The lowest BCUT2D eigenvalue weighted by atomic mass is 10.0. The van der Waals surface area contributed by atoms with Crippen molar-refractivity contribution >= 4 is 22.6 Å². The summed E-state index contributed by atoms with van der Waals surface area (Å²) >= 11 is 0. The van der Waals surface area contributed by atoms with E-state index in [4.69, 9.17) is 4.42 Å². The zero-order valence-corrected chi connectivity index (χ0v) is 20.3. The highest BCUT2D eigenvalue weighted by Gasteiger charge is 2.25. The van der Waals surface area contributed by atoms with Gasteiger partial charge in [0.1, 0.15) is 17.1 Å². The largest absolute Gasteiger partial charge is 0.508 e. The molecule has 2 N–H and O–H groups in total. The number of piperazine rings is 1. The number of rotatable bonds is 6. The van der Waals surface area contributed by atoms with Gasteiger partial charge in [0.2, 0.25) is 0 Å². The van der Waals surface area contributed by atoms with Crippen LogP contribution in [0, 0.1) is 13.8 Å². The Bertz CT molecular complexity index is 1340. The minimum Gasteiger partial charge on any atom is -0.508 e. The first-order valence-corrected chi connectivity index (χ1v) is 12.1. The second-order valence-electron chi connectivity index (χ2n) is 9.33. The zero-order valence-electron chi connectivity index (χ0n) is 20.3. The van der Waals surface area contributed by atoms with Crippen molar-refractivity contribution in [2.75, 3.05) is 31.5 Å². The molecule has 180 valence electrons. The molecule has 0 radical (unpaired) electrons. The minimum absolute atomic E-state index is 0.189. The molecule has 4 aromatic rings. The van der Waals surface area contributed by atoms with Crippen molar-refractivity contribution in [1.82, 2.24) is 9.80 Å². The van der Waals surface area contributed by atoms with Crippen molar-refractivity contribution in [2.45, 2.75) is 26.9 Å². The molecular weight excluding hydrogens is 438 g/mol. The topological polar surface area (TPSA) is 68.9 Å². The molecule has 5 rings (SSSR count). The number of fused-ring (bicyclic) bond motifs is 1. The summed E-state index contributed by atoms with van der Waals surface area (Å²) in [7, 11) is 0. The fourth-order valence-electron chi connectivity index (χ4n) is 4.89. The van der Waals surface area contributed by atoms with Gasteiger partial charge < -0.3 is 14.8 Å². The molecule has 1 aliphatic rings. The van der Waals surface area contributed by atoms with Crippen LogP contribution in [-0.4, -0.2) is 47.0 Å². The molecule has 0 atom stereocenters. The maximum absolute atomic E-state index is 13.3. The van der Waals surface area contributed by atoms with E-state index in [0.717, 1.165) is 49.5 Å². The van der Waals surface area contributed by atoms with Crippen LogP contribution < -0.4 is 5.32 Å². The Balaban J connectivity index is 1.36. The first-order chi connectivity index (χ1) is 17.0. The predicted octanol–water partition coefficient (Wildman–Crippen LogP) is 5.33. The van der Waals surface area contributed by atoms with Crippen LogP contribution in [0.2, 0.25) is 0 Å². The Morgan fingerprint density at radius 3 is 2.34 bits per heavy atom. The van der Waals surface area contributed by atoms with E-state index in [0.29, 0.717) is 28.8 Å². The van der Waals surface area contributed by atoms with Crippen LogP contribution in [0.5, 0.6) is 5.75 Å². The molecule has 0 saturated carbocycles. The van der Waals surface area contributed by atoms with E-state index in [2.05, 4.69) is 39.4 Å². The molecule has 1 saturated heterocycles. The first-order valence-electron chi connectivity index (χ1n) is 12.1. The summed E-state index contributed by atoms with van der Waals surface area (Å²) in [5.74, 6) is 0.505. The second-order valence-corrected chi connectivity index (χ2v) is 9.33. The van der Waals surface area contributed by atoms with Crippen molar-refractivity contribution in [3.8, 4) is 5.75 Å². The third kappa shape index (κ3) is 5.09. The molecule has 2 heterocycles. The molecule has 35 heavy (non-hydrogen) atoms. The van der Waals surface area contributed by atoms with E-state index in [-0.39, 0.29) is 11.7 Å². The van der Waals surface area contributed by atoms with Gasteiger partial charge in [-0.25, -0.2) is 0 Å². The number of anilines is 1. The summed E-state index contributed by atoms with van der Waals surface area (Å²) in [6, 6.07) is 21.6. The molecule has 3 aromatic carbocycles. The Kier molecular flexibility index (Phi) is 6.57. The van der Waals surface area contributed by atoms with E-state index < -0.39 is 0 Å². The number of aromatic hydroxyl groups is 1. The number of hydrogen-bond donors (Lipinski definition) is 2. The maximum atomic E-state index is 13.3. The lowest BCUT2D eigenvalue weighted by molar-refractivity contribution is 0.102. The van der Waals surface area contributed by atoms with E-state index in [1.54, 1.807) is 19.1 Å². The molecule has 0 unspecified atom stereocenters. The quantitative estimate of drug-likeness (QED) is 0.400. The predicted molar refractivity (Wildman–Crippen MR) is 139 cm³/mol. The molecule has 1 amide bonds. The van der Waals surface area contributed by atoms with Crippen LogP contribution in [0.1, 0.15) is 32.8 Å².